The van der Waals surface area contributed by atoms with Gasteiger partial charge in [0.25, 0.3) is 0 Å². The molecule has 0 spiro atoms. The minimum Gasteiger partial charge on any atom is -0.318 e. The van der Waals surface area contributed by atoms with E-state index in [2.05, 4.69) is 39.9 Å². The smallest absolute Gasteiger partial charge is 0.210 e. The number of rotatable bonds is 7. The Balaban J connectivity index is 1.57. The van der Waals surface area contributed by atoms with Gasteiger partial charge in [0, 0.05) is 12.3 Å². The van der Waals surface area contributed by atoms with Crippen molar-refractivity contribution in [1.29, 1.82) is 0 Å². The molecular formula is C19H19FN4S. The summed E-state index contributed by atoms with van der Waals surface area (Å²) in [5.74, 6) is 1.29. The summed E-state index contributed by atoms with van der Waals surface area (Å²) in [5.41, 5.74) is 5.51. The fraction of sp³-hybridized carbons (Fsp3) is 0.158. The molecule has 2 aromatic carbocycles. The molecule has 1 N–H and O–H groups in total. The lowest BCUT2D eigenvalue weighted by atomic mass is 10.2. The monoisotopic (exact) mass is 354 g/mol. The van der Waals surface area contributed by atoms with Gasteiger partial charge in [0.05, 0.1) is 0 Å². The van der Waals surface area contributed by atoms with Crippen LogP contribution in [0.2, 0.25) is 0 Å². The minimum atomic E-state index is -0.223. The molecule has 0 saturated carbocycles. The van der Waals surface area contributed by atoms with Crippen LogP contribution in [0.15, 0.2) is 65.8 Å². The molecule has 0 fully saturated rings. The second-order valence-corrected chi connectivity index (χ2v) is 6.40. The number of aromatic nitrogens is 3. The van der Waals surface area contributed by atoms with Gasteiger partial charge in [-0.25, -0.2) is 9.07 Å². The van der Waals surface area contributed by atoms with Crippen LogP contribution in [0.1, 0.15) is 17.0 Å². The first-order valence-corrected chi connectivity index (χ1v) is 8.95. The highest BCUT2D eigenvalue weighted by Crippen LogP contribution is 2.21. The molecule has 0 atom stereocenters. The van der Waals surface area contributed by atoms with Crippen molar-refractivity contribution < 1.29 is 4.39 Å². The van der Waals surface area contributed by atoms with Crippen LogP contribution in [0.5, 0.6) is 0 Å². The summed E-state index contributed by atoms with van der Waals surface area (Å²) in [4.78, 5) is 0. The zero-order valence-electron chi connectivity index (χ0n) is 13.9. The Morgan fingerprint density at radius 3 is 2.60 bits per heavy atom. The third kappa shape index (κ3) is 4.93. The maximum atomic E-state index is 13.0. The number of hydrogen-bond acceptors (Lipinski definition) is 4. The fourth-order valence-electron chi connectivity index (χ4n) is 2.25. The highest BCUT2D eigenvalue weighted by molar-refractivity contribution is 7.98. The Morgan fingerprint density at radius 1 is 1.08 bits per heavy atom. The highest BCUT2D eigenvalue weighted by atomic mass is 32.2. The van der Waals surface area contributed by atoms with Crippen molar-refractivity contribution in [3.63, 3.8) is 0 Å². The first kappa shape index (κ1) is 17.2. The molecule has 1 aromatic heterocycles. The lowest BCUT2D eigenvalue weighted by Crippen LogP contribution is -2.17. The Kier molecular flexibility index (Phi) is 5.85. The standard InChI is InChI=1S/C19H19FN4S/c1-15-22-23-19(25-14-17-9-11-18(20)12-10-17)24(15)21-13-5-8-16-6-3-2-4-7-16/h2-12,21H,13-14H2,1H3/b8-5-. The third-order valence-corrected chi connectivity index (χ3v) is 4.55. The summed E-state index contributed by atoms with van der Waals surface area (Å²) in [6.07, 6.45) is 4.13. The van der Waals surface area contributed by atoms with E-state index in [-0.39, 0.29) is 5.82 Å². The van der Waals surface area contributed by atoms with Crippen molar-refractivity contribution in [3.05, 3.63) is 83.4 Å². The average Bonchev–Trinajstić information content (AvgIpc) is 2.99. The van der Waals surface area contributed by atoms with E-state index in [1.807, 2.05) is 29.8 Å². The molecule has 128 valence electrons. The number of nitrogens with zero attached hydrogens (tertiary/aromatic N) is 3. The molecule has 4 nitrogen and oxygen atoms in total. The quantitative estimate of drug-likeness (QED) is 0.643. The van der Waals surface area contributed by atoms with Gasteiger partial charge in [-0.05, 0) is 30.2 Å². The molecule has 3 rings (SSSR count). The molecule has 0 saturated heterocycles. The van der Waals surface area contributed by atoms with Gasteiger partial charge in [-0.2, -0.15) is 0 Å². The lowest BCUT2D eigenvalue weighted by Gasteiger charge is -2.09. The molecule has 3 aromatic rings. The van der Waals surface area contributed by atoms with Gasteiger partial charge in [0.2, 0.25) is 5.16 Å². The summed E-state index contributed by atoms with van der Waals surface area (Å²) in [6, 6.07) is 16.7. The van der Waals surface area contributed by atoms with Gasteiger partial charge in [-0.15, -0.1) is 10.2 Å². The van der Waals surface area contributed by atoms with Gasteiger partial charge >= 0.3 is 0 Å². The summed E-state index contributed by atoms with van der Waals surface area (Å²) in [6.45, 7) is 2.57. The van der Waals surface area contributed by atoms with Gasteiger partial charge in [0.15, 0.2) is 0 Å². The second kappa shape index (κ2) is 8.48. The number of halogens is 1. The van der Waals surface area contributed by atoms with Gasteiger partial charge in [-0.1, -0.05) is 66.4 Å². The van der Waals surface area contributed by atoms with Crippen LogP contribution in [0.4, 0.5) is 4.39 Å². The van der Waals surface area contributed by atoms with Crippen molar-refractivity contribution >= 4 is 17.8 Å². The maximum absolute atomic E-state index is 13.0. The summed E-state index contributed by atoms with van der Waals surface area (Å²) in [5, 5.41) is 9.11. The Bertz CT molecular complexity index is 828. The Morgan fingerprint density at radius 2 is 1.84 bits per heavy atom. The normalized spacial score (nSPS) is 11.1. The average molecular weight is 354 g/mol. The second-order valence-electron chi connectivity index (χ2n) is 5.46. The Hall–Kier alpha value is -2.60. The van der Waals surface area contributed by atoms with E-state index in [9.17, 15) is 4.39 Å². The summed E-state index contributed by atoms with van der Waals surface area (Å²) < 4.78 is 14.8. The van der Waals surface area contributed by atoms with E-state index in [1.165, 1.54) is 12.1 Å². The van der Waals surface area contributed by atoms with Gasteiger partial charge < -0.3 is 5.43 Å². The molecule has 0 unspecified atom stereocenters. The number of nitrogens with one attached hydrogen (secondary N) is 1. The van der Waals surface area contributed by atoms with Crippen molar-refractivity contribution in [2.24, 2.45) is 0 Å². The van der Waals surface area contributed by atoms with Gasteiger partial charge in [-0.3, -0.25) is 0 Å². The molecule has 0 aliphatic heterocycles. The molecule has 0 radical (unpaired) electrons. The van der Waals surface area contributed by atoms with Gasteiger partial charge in [0.1, 0.15) is 11.6 Å². The van der Waals surface area contributed by atoms with E-state index in [1.54, 1.807) is 23.9 Å². The van der Waals surface area contributed by atoms with Crippen molar-refractivity contribution in [1.82, 2.24) is 14.9 Å². The SMILES string of the molecule is Cc1nnc(SCc2ccc(F)cc2)n1NC/C=C\c1ccccc1. The molecule has 25 heavy (non-hydrogen) atoms. The zero-order chi connectivity index (χ0) is 17.5. The molecule has 1 heterocycles. The lowest BCUT2D eigenvalue weighted by molar-refractivity contribution is 0.627. The first-order chi connectivity index (χ1) is 12.2. The van der Waals surface area contributed by atoms with Crippen LogP contribution < -0.4 is 5.43 Å². The maximum Gasteiger partial charge on any atom is 0.210 e. The van der Waals surface area contributed by atoms with Crippen LogP contribution in [0, 0.1) is 12.7 Å². The van der Waals surface area contributed by atoms with Crippen LogP contribution in [-0.4, -0.2) is 21.4 Å². The highest BCUT2D eigenvalue weighted by Gasteiger charge is 2.09. The first-order valence-electron chi connectivity index (χ1n) is 7.97. The number of aryl methyl sites for hydroxylation is 1. The van der Waals surface area contributed by atoms with Crippen LogP contribution >= 0.6 is 11.8 Å². The third-order valence-electron chi connectivity index (χ3n) is 3.55. The molecule has 0 bridgehead atoms. The zero-order valence-corrected chi connectivity index (χ0v) is 14.7. The predicted octanol–water partition coefficient (Wildman–Crippen LogP) is 4.27. The largest absolute Gasteiger partial charge is 0.318 e. The summed E-state index contributed by atoms with van der Waals surface area (Å²) in [7, 11) is 0. The predicted molar refractivity (Wildman–Crippen MR) is 100 cm³/mol. The van der Waals surface area contributed by atoms with Crippen molar-refractivity contribution in [3.8, 4) is 0 Å². The van der Waals surface area contributed by atoms with Crippen molar-refractivity contribution in [2.45, 2.75) is 17.8 Å². The Labute approximate surface area is 150 Å². The number of thioether (sulfide) groups is 1. The van der Waals surface area contributed by atoms with Crippen molar-refractivity contribution in [2.75, 3.05) is 12.0 Å². The van der Waals surface area contributed by atoms with Crippen LogP contribution in [0.25, 0.3) is 6.08 Å². The van der Waals surface area contributed by atoms with E-state index in [4.69, 9.17) is 0 Å². The molecule has 0 amide bonds. The minimum absolute atomic E-state index is 0.223. The van der Waals surface area contributed by atoms with E-state index < -0.39 is 0 Å². The molecular weight excluding hydrogens is 335 g/mol. The summed E-state index contributed by atoms with van der Waals surface area (Å²) >= 11 is 1.56. The molecule has 6 heteroatoms. The number of benzene rings is 2. The molecule has 0 aliphatic rings. The topological polar surface area (TPSA) is 42.7 Å². The van der Waals surface area contributed by atoms with E-state index >= 15 is 0 Å². The van der Waals surface area contributed by atoms with Crippen LogP contribution in [-0.2, 0) is 5.75 Å². The fourth-order valence-corrected chi connectivity index (χ4v) is 3.16. The van der Waals surface area contributed by atoms with E-state index in [0.717, 1.165) is 22.1 Å². The van der Waals surface area contributed by atoms with Crippen LogP contribution in [0.3, 0.4) is 0 Å². The number of hydrogen-bond donors (Lipinski definition) is 1. The van der Waals surface area contributed by atoms with E-state index in [0.29, 0.717) is 12.3 Å². The molecule has 0 aliphatic carbocycles.